The van der Waals surface area contributed by atoms with E-state index in [0.29, 0.717) is 50.9 Å². The second kappa shape index (κ2) is 16.9. The third kappa shape index (κ3) is 11.2. The van der Waals surface area contributed by atoms with Gasteiger partial charge in [0.2, 0.25) is 0 Å². The number of carboxylic acid groups (broad SMARTS) is 2. The van der Waals surface area contributed by atoms with Crippen LogP contribution >= 0.6 is 0 Å². The molecule has 6 atom stereocenters. The van der Waals surface area contributed by atoms with Crippen LogP contribution in [0.2, 0.25) is 0 Å². The number of carbonyl (C=O) groups excluding carboxylic acids is 1. The van der Waals surface area contributed by atoms with Crippen LogP contribution in [-0.2, 0) is 38.4 Å². The Morgan fingerprint density at radius 3 is 1.67 bits per heavy atom. The van der Waals surface area contributed by atoms with E-state index in [1.54, 1.807) is 0 Å². The van der Waals surface area contributed by atoms with E-state index in [0.717, 1.165) is 70.6 Å². The highest BCUT2D eigenvalue weighted by atomic mass is 17.2. The normalized spacial score (nSPS) is 36.3. The van der Waals surface area contributed by atoms with Crippen LogP contribution in [0.4, 0.5) is 0 Å². The zero-order valence-corrected chi connectivity index (χ0v) is 28.0. The summed E-state index contributed by atoms with van der Waals surface area (Å²) in [5, 5.41) is 19.2. The Morgan fingerprint density at radius 1 is 0.622 bits per heavy atom. The van der Waals surface area contributed by atoms with Crippen molar-refractivity contribution in [3.63, 3.8) is 0 Å². The van der Waals surface area contributed by atoms with Gasteiger partial charge in [0, 0.05) is 5.41 Å². The summed E-state index contributed by atoms with van der Waals surface area (Å²) in [7, 11) is 0. The number of carboxylic acids is 2. The van der Waals surface area contributed by atoms with Gasteiger partial charge >= 0.3 is 17.9 Å². The number of hydrogen-bond donors (Lipinski definition) is 2. The zero-order chi connectivity index (χ0) is 32.6. The second-order valence-electron chi connectivity index (χ2n) is 15.5. The molecule has 0 aromatic rings. The molecule has 45 heavy (non-hydrogen) atoms. The largest absolute Gasteiger partial charge is 0.481 e. The molecular formula is C35H58O10. The van der Waals surface area contributed by atoms with E-state index in [9.17, 15) is 24.6 Å². The quantitative estimate of drug-likeness (QED) is 0.124. The first-order chi connectivity index (χ1) is 21.4. The standard InChI is InChI=1S/C35H58O10/c1-22-5-7-24(30(17-22)32(36)37)19-43-45-28-14-10-26(11-15-28)42-21-35(3,4)20-41-25-8-12-27(13-9-25)44-34(40)29-16-6-23(2)18-31(29)33(38)39/h22-31H,5-21H2,1-4H3,(H,36,37)(H,38,39). The summed E-state index contributed by atoms with van der Waals surface area (Å²) >= 11 is 0. The fourth-order valence-corrected chi connectivity index (χ4v) is 7.70. The van der Waals surface area contributed by atoms with Crippen molar-refractivity contribution in [3.05, 3.63) is 0 Å². The minimum Gasteiger partial charge on any atom is -0.481 e. The van der Waals surface area contributed by atoms with Crippen molar-refractivity contribution in [2.45, 2.75) is 142 Å². The van der Waals surface area contributed by atoms with Gasteiger partial charge in [0.15, 0.2) is 0 Å². The lowest BCUT2D eigenvalue weighted by Crippen LogP contribution is -2.39. The maximum absolute atomic E-state index is 12.8. The average molecular weight is 639 g/mol. The topological polar surface area (TPSA) is 138 Å². The summed E-state index contributed by atoms with van der Waals surface area (Å²) in [5.41, 5.74) is -0.137. The molecule has 258 valence electrons. The van der Waals surface area contributed by atoms with Gasteiger partial charge in [-0.05, 0) is 101 Å². The number of rotatable bonds is 14. The molecule has 6 unspecified atom stereocenters. The van der Waals surface area contributed by atoms with Crippen molar-refractivity contribution < 1.29 is 48.6 Å². The zero-order valence-electron chi connectivity index (χ0n) is 28.0. The molecule has 0 aliphatic heterocycles. The fourth-order valence-electron chi connectivity index (χ4n) is 7.70. The summed E-state index contributed by atoms with van der Waals surface area (Å²) in [5.74, 6) is -2.70. The van der Waals surface area contributed by atoms with E-state index in [-0.39, 0.29) is 47.6 Å². The Kier molecular flexibility index (Phi) is 13.5. The highest BCUT2D eigenvalue weighted by Gasteiger charge is 2.40. The molecule has 0 aromatic carbocycles. The van der Waals surface area contributed by atoms with E-state index in [1.807, 2.05) is 6.92 Å². The van der Waals surface area contributed by atoms with E-state index < -0.39 is 23.8 Å². The van der Waals surface area contributed by atoms with Gasteiger partial charge in [-0.25, -0.2) is 9.78 Å². The lowest BCUT2D eigenvalue weighted by atomic mass is 9.74. The highest BCUT2D eigenvalue weighted by molar-refractivity contribution is 5.81. The summed E-state index contributed by atoms with van der Waals surface area (Å²) in [6.45, 7) is 10.0. The SMILES string of the molecule is CC1CCC(COOC2CCC(OCC(C)(C)COC3CCC(OC(=O)C4CCC(C)CC4C(=O)O)CC3)CC2)C(C(=O)O)C1. The van der Waals surface area contributed by atoms with Gasteiger partial charge in [0.1, 0.15) is 6.10 Å². The number of carbonyl (C=O) groups is 3. The Labute approximate surface area is 269 Å². The Morgan fingerprint density at radius 2 is 1.11 bits per heavy atom. The molecule has 4 aliphatic rings. The van der Waals surface area contributed by atoms with Crippen molar-refractivity contribution in [1.82, 2.24) is 0 Å². The van der Waals surface area contributed by atoms with Gasteiger partial charge in [0.25, 0.3) is 0 Å². The van der Waals surface area contributed by atoms with E-state index in [2.05, 4.69) is 20.8 Å². The maximum atomic E-state index is 12.8. The molecule has 0 bridgehead atoms. The van der Waals surface area contributed by atoms with Crippen molar-refractivity contribution in [1.29, 1.82) is 0 Å². The molecule has 0 aromatic heterocycles. The van der Waals surface area contributed by atoms with Crippen LogP contribution in [0, 0.1) is 40.9 Å². The Bertz CT molecular complexity index is 952. The predicted molar refractivity (Wildman–Crippen MR) is 166 cm³/mol. The van der Waals surface area contributed by atoms with E-state index in [1.165, 1.54) is 0 Å². The maximum Gasteiger partial charge on any atom is 0.310 e. The van der Waals surface area contributed by atoms with E-state index >= 15 is 0 Å². The second-order valence-corrected chi connectivity index (χ2v) is 15.5. The van der Waals surface area contributed by atoms with Gasteiger partial charge in [-0.1, -0.05) is 34.1 Å². The summed E-state index contributed by atoms with van der Waals surface area (Å²) < 4.78 is 18.4. The molecule has 0 heterocycles. The molecule has 0 amide bonds. The monoisotopic (exact) mass is 638 g/mol. The molecule has 10 heteroatoms. The van der Waals surface area contributed by atoms with Crippen molar-refractivity contribution in [2.75, 3.05) is 19.8 Å². The van der Waals surface area contributed by atoms with Crippen molar-refractivity contribution in [3.8, 4) is 0 Å². The van der Waals surface area contributed by atoms with Crippen LogP contribution in [0.3, 0.4) is 0 Å². The van der Waals surface area contributed by atoms with Crippen LogP contribution in [0.5, 0.6) is 0 Å². The molecule has 4 saturated carbocycles. The third-order valence-electron chi connectivity index (χ3n) is 10.7. The predicted octanol–water partition coefficient (Wildman–Crippen LogP) is 6.43. The molecule has 4 aliphatic carbocycles. The minimum atomic E-state index is -0.892. The summed E-state index contributed by atoms with van der Waals surface area (Å²) in [4.78, 5) is 47.4. The molecule has 0 spiro atoms. The lowest BCUT2D eigenvalue weighted by molar-refractivity contribution is -0.338. The van der Waals surface area contributed by atoms with Crippen LogP contribution in [0.15, 0.2) is 0 Å². The first-order valence-corrected chi connectivity index (χ1v) is 17.6. The highest BCUT2D eigenvalue weighted by Crippen LogP contribution is 2.37. The lowest BCUT2D eigenvalue weighted by Gasteiger charge is -2.35. The van der Waals surface area contributed by atoms with Crippen molar-refractivity contribution in [2.24, 2.45) is 40.9 Å². The van der Waals surface area contributed by atoms with Crippen molar-refractivity contribution >= 4 is 17.9 Å². The van der Waals surface area contributed by atoms with Gasteiger partial charge in [0.05, 0.1) is 55.9 Å². The fraction of sp³-hybridized carbons (Fsp3) is 0.914. The van der Waals surface area contributed by atoms with Gasteiger partial charge in [-0.2, -0.15) is 0 Å². The Balaban J connectivity index is 1.06. The molecule has 10 nitrogen and oxygen atoms in total. The molecular weight excluding hydrogens is 580 g/mol. The number of esters is 1. The molecule has 0 radical (unpaired) electrons. The van der Waals surface area contributed by atoms with Crippen LogP contribution in [0.1, 0.15) is 118 Å². The molecule has 2 N–H and O–H groups in total. The van der Waals surface area contributed by atoms with Crippen LogP contribution in [0.25, 0.3) is 0 Å². The summed E-state index contributed by atoms with van der Waals surface area (Å²) in [6, 6.07) is 0. The first-order valence-electron chi connectivity index (χ1n) is 17.6. The van der Waals surface area contributed by atoms with Gasteiger partial charge in [-0.3, -0.25) is 14.4 Å². The number of ether oxygens (including phenoxy) is 3. The smallest absolute Gasteiger partial charge is 0.310 e. The number of hydrogen-bond acceptors (Lipinski definition) is 8. The third-order valence-corrected chi connectivity index (χ3v) is 10.7. The first kappa shape index (κ1) is 36.1. The van der Waals surface area contributed by atoms with Gasteiger partial charge < -0.3 is 24.4 Å². The van der Waals surface area contributed by atoms with Crippen LogP contribution < -0.4 is 0 Å². The molecule has 4 fully saturated rings. The average Bonchev–Trinajstić information content (AvgIpc) is 3.01. The number of aliphatic carboxylic acids is 2. The Hall–Kier alpha value is -1.75. The van der Waals surface area contributed by atoms with Gasteiger partial charge in [-0.15, -0.1) is 0 Å². The molecule has 0 saturated heterocycles. The van der Waals surface area contributed by atoms with Crippen LogP contribution in [-0.4, -0.2) is 72.4 Å². The summed E-state index contributed by atoms with van der Waals surface area (Å²) in [6.07, 6.45) is 11.4. The minimum absolute atomic E-state index is 0.0132. The molecule has 4 rings (SSSR count). The van der Waals surface area contributed by atoms with E-state index in [4.69, 9.17) is 24.0 Å².